The predicted molar refractivity (Wildman–Crippen MR) is 145 cm³/mol. The number of rotatable bonds is 4. The van der Waals surface area contributed by atoms with Crippen molar-refractivity contribution in [1.29, 1.82) is 0 Å². The number of nitrogens with one attached hydrogen (secondary N) is 1. The molecule has 1 aliphatic carbocycles. The summed E-state index contributed by atoms with van der Waals surface area (Å²) in [6.45, 7) is 6.11. The zero-order valence-corrected chi connectivity index (χ0v) is 22.9. The van der Waals surface area contributed by atoms with Gasteiger partial charge in [-0.2, -0.15) is 0 Å². The lowest BCUT2D eigenvalue weighted by Crippen LogP contribution is -2.42. The fraction of sp³-hybridized carbons (Fsp3) is 0.517. The van der Waals surface area contributed by atoms with Gasteiger partial charge >= 0.3 is 0 Å². The molecule has 6 atom stereocenters. The fourth-order valence-corrected chi connectivity index (χ4v) is 7.52. The summed E-state index contributed by atoms with van der Waals surface area (Å²) in [5, 5.41) is 4.53. The van der Waals surface area contributed by atoms with Crippen molar-refractivity contribution in [2.75, 3.05) is 27.2 Å². The van der Waals surface area contributed by atoms with Gasteiger partial charge in [-0.05, 0) is 87.0 Å². The van der Waals surface area contributed by atoms with E-state index < -0.39 is 5.41 Å². The maximum absolute atomic E-state index is 13.3. The molecule has 5 nitrogen and oxygen atoms in total. The van der Waals surface area contributed by atoms with Gasteiger partial charge in [0.2, 0.25) is 5.91 Å². The largest absolute Gasteiger partial charge is 0.353 e. The van der Waals surface area contributed by atoms with Crippen molar-refractivity contribution in [2.45, 2.75) is 57.0 Å². The van der Waals surface area contributed by atoms with Crippen LogP contribution in [-0.2, 0) is 4.79 Å². The SMILES string of the molecule is C[C@H]1NC(=O)[C@]2(C)CC[C@@H](c3ccc(C(=O)N(C)C4CCN(C)C4)cc3Cl)[C@H](c3ccc(Cl)cc3)[C@H]12. The van der Waals surface area contributed by atoms with E-state index in [1.54, 1.807) is 0 Å². The molecular weight excluding hydrogens is 493 g/mol. The molecule has 0 bridgehead atoms. The summed E-state index contributed by atoms with van der Waals surface area (Å²) in [6.07, 6.45) is 2.64. The van der Waals surface area contributed by atoms with Crippen molar-refractivity contribution in [1.82, 2.24) is 15.1 Å². The van der Waals surface area contributed by atoms with Gasteiger partial charge in [-0.25, -0.2) is 0 Å². The zero-order valence-electron chi connectivity index (χ0n) is 21.4. The lowest BCUT2D eigenvalue weighted by Gasteiger charge is -2.46. The molecule has 1 unspecified atom stereocenters. The second-order valence-corrected chi connectivity index (χ2v) is 12.1. The molecule has 2 saturated heterocycles. The third-order valence-corrected chi connectivity index (χ3v) is 9.66. The molecule has 36 heavy (non-hydrogen) atoms. The number of hydrogen-bond donors (Lipinski definition) is 1. The second-order valence-electron chi connectivity index (χ2n) is 11.3. The van der Waals surface area contributed by atoms with E-state index in [1.165, 1.54) is 5.56 Å². The van der Waals surface area contributed by atoms with Crippen LogP contribution in [0.4, 0.5) is 0 Å². The molecule has 5 rings (SSSR count). The van der Waals surface area contributed by atoms with E-state index in [0.29, 0.717) is 15.6 Å². The second kappa shape index (κ2) is 9.66. The topological polar surface area (TPSA) is 52.7 Å². The molecule has 1 saturated carbocycles. The van der Waals surface area contributed by atoms with Crippen LogP contribution in [0.25, 0.3) is 0 Å². The lowest BCUT2D eigenvalue weighted by atomic mass is 9.56. The standard InChI is InChI=1S/C29H35Cl2N3O2/c1-17-26-25(18-5-8-20(30)9-6-18)23(11-13-29(26,2)28(36)32-17)22-10-7-19(15-24(22)31)27(35)34(4)21-12-14-33(3)16-21/h5-10,15,17,21,23,25-26H,11-14,16H2,1-4H3,(H,32,36)/t17-,21?,23+,25+,26+,29-/m1/s1. The summed E-state index contributed by atoms with van der Waals surface area (Å²) in [4.78, 5) is 30.4. The van der Waals surface area contributed by atoms with E-state index in [0.717, 1.165) is 37.9 Å². The van der Waals surface area contributed by atoms with Crippen molar-refractivity contribution < 1.29 is 9.59 Å². The average Bonchev–Trinajstić information content (AvgIpc) is 3.38. The summed E-state index contributed by atoms with van der Waals surface area (Å²) < 4.78 is 0. The van der Waals surface area contributed by atoms with Crippen molar-refractivity contribution in [3.05, 3.63) is 69.2 Å². The van der Waals surface area contributed by atoms with Crippen LogP contribution < -0.4 is 5.32 Å². The molecule has 2 aromatic carbocycles. The van der Waals surface area contributed by atoms with Gasteiger partial charge in [-0.3, -0.25) is 9.59 Å². The molecule has 3 aliphatic rings. The molecule has 0 radical (unpaired) electrons. The fourth-order valence-electron chi connectivity index (χ4n) is 7.07. The minimum atomic E-state index is -0.417. The first kappa shape index (κ1) is 25.6. The van der Waals surface area contributed by atoms with Crippen molar-refractivity contribution in [3.63, 3.8) is 0 Å². The summed E-state index contributed by atoms with van der Waals surface area (Å²) in [5.41, 5.74) is 2.42. The van der Waals surface area contributed by atoms with Crippen LogP contribution in [-0.4, -0.2) is 60.9 Å². The Bertz CT molecular complexity index is 1170. The Kier molecular flexibility index (Phi) is 6.86. The summed E-state index contributed by atoms with van der Waals surface area (Å²) >= 11 is 13.2. The van der Waals surface area contributed by atoms with Gasteiger partial charge in [0.25, 0.3) is 5.91 Å². The Hall–Kier alpha value is -2.08. The summed E-state index contributed by atoms with van der Waals surface area (Å²) in [6, 6.07) is 14.1. The van der Waals surface area contributed by atoms with Crippen molar-refractivity contribution in [2.24, 2.45) is 11.3 Å². The molecule has 0 aromatic heterocycles. The van der Waals surface area contributed by atoms with Crippen LogP contribution >= 0.6 is 23.2 Å². The molecule has 7 heteroatoms. The number of benzene rings is 2. The Labute approximate surface area is 224 Å². The van der Waals surface area contributed by atoms with Crippen LogP contribution in [0.2, 0.25) is 10.0 Å². The molecule has 1 N–H and O–H groups in total. The van der Waals surface area contributed by atoms with Crippen LogP contribution in [0, 0.1) is 11.3 Å². The number of fused-ring (bicyclic) bond motifs is 1. The smallest absolute Gasteiger partial charge is 0.253 e. The molecule has 2 aliphatic heterocycles. The average molecular weight is 529 g/mol. The third kappa shape index (κ3) is 4.33. The number of amides is 2. The maximum Gasteiger partial charge on any atom is 0.253 e. The van der Waals surface area contributed by atoms with Gasteiger partial charge in [-0.1, -0.05) is 48.3 Å². The number of hydrogen-bond acceptors (Lipinski definition) is 3. The van der Waals surface area contributed by atoms with Gasteiger partial charge in [-0.15, -0.1) is 0 Å². The highest BCUT2D eigenvalue weighted by Gasteiger charge is 2.57. The Morgan fingerprint density at radius 3 is 2.50 bits per heavy atom. The van der Waals surface area contributed by atoms with E-state index in [9.17, 15) is 9.59 Å². The number of likely N-dealkylation sites (N-methyl/N-ethyl adjacent to an activating group) is 2. The van der Waals surface area contributed by atoms with E-state index in [-0.39, 0.29) is 41.7 Å². The molecule has 192 valence electrons. The lowest BCUT2D eigenvalue weighted by molar-refractivity contribution is -0.129. The highest BCUT2D eigenvalue weighted by Crippen LogP contribution is 2.59. The molecule has 3 fully saturated rings. The van der Waals surface area contributed by atoms with Crippen molar-refractivity contribution in [3.8, 4) is 0 Å². The molecule has 0 spiro atoms. The Morgan fingerprint density at radius 1 is 1.14 bits per heavy atom. The zero-order chi connectivity index (χ0) is 25.8. The van der Waals surface area contributed by atoms with Gasteiger partial charge in [0.1, 0.15) is 0 Å². The van der Waals surface area contributed by atoms with Gasteiger partial charge in [0, 0.05) is 47.2 Å². The molecular formula is C29H35Cl2N3O2. The number of nitrogens with zero attached hydrogens (tertiary/aromatic N) is 2. The predicted octanol–water partition coefficient (Wildman–Crippen LogP) is 5.57. The first-order valence-corrected chi connectivity index (χ1v) is 13.7. The van der Waals surface area contributed by atoms with Crippen LogP contribution in [0.5, 0.6) is 0 Å². The first-order valence-electron chi connectivity index (χ1n) is 12.9. The van der Waals surface area contributed by atoms with Gasteiger partial charge in [0.15, 0.2) is 0 Å². The van der Waals surface area contributed by atoms with Crippen molar-refractivity contribution >= 4 is 35.0 Å². The van der Waals surface area contributed by atoms with E-state index >= 15 is 0 Å². The van der Waals surface area contributed by atoms with E-state index in [4.69, 9.17) is 23.2 Å². The van der Waals surface area contributed by atoms with Gasteiger partial charge < -0.3 is 15.1 Å². The number of likely N-dealkylation sites (tertiary alicyclic amines) is 1. The monoisotopic (exact) mass is 527 g/mol. The minimum Gasteiger partial charge on any atom is -0.353 e. The first-order chi connectivity index (χ1) is 17.1. The highest BCUT2D eigenvalue weighted by atomic mass is 35.5. The Morgan fingerprint density at radius 2 is 1.86 bits per heavy atom. The van der Waals surface area contributed by atoms with Crippen LogP contribution in [0.1, 0.15) is 66.4 Å². The van der Waals surface area contributed by atoms with E-state index in [1.807, 2.05) is 42.3 Å². The quantitative estimate of drug-likeness (QED) is 0.565. The summed E-state index contributed by atoms with van der Waals surface area (Å²) in [5.74, 6) is 0.522. The normalized spacial score (nSPS) is 32.3. The van der Waals surface area contributed by atoms with Crippen LogP contribution in [0.3, 0.4) is 0 Å². The minimum absolute atomic E-state index is 0.00781. The molecule has 2 amide bonds. The van der Waals surface area contributed by atoms with Gasteiger partial charge in [0.05, 0.1) is 5.41 Å². The third-order valence-electron chi connectivity index (χ3n) is 9.08. The van der Waals surface area contributed by atoms with E-state index in [2.05, 4.69) is 43.2 Å². The summed E-state index contributed by atoms with van der Waals surface area (Å²) in [7, 11) is 3.97. The Balaban J connectivity index is 1.48. The highest BCUT2D eigenvalue weighted by molar-refractivity contribution is 6.32. The maximum atomic E-state index is 13.3. The molecule has 2 aromatic rings. The number of carbonyl (C=O) groups excluding carboxylic acids is 2. The number of halogens is 2. The van der Waals surface area contributed by atoms with Crippen LogP contribution in [0.15, 0.2) is 42.5 Å². The number of carbonyl (C=O) groups is 2. The molecule has 2 heterocycles.